The van der Waals surface area contributed by atoms with E-state index >= 15 is 0 Å². The molecule has 1 aromatic rings. The number of benzene rings is 1. The maximum Gasteiger partial charge on any atom is 0.319 e. The first-order chi connectivity index (χ1) is 9.35. The van der Waals surface area contributed by atoms with Gasteiger partial charge < -0.3 is 10.6 Å². The van der Waals surface area contributed by atoms with E-state index in [0.29, 0.717) is 28.7 Å². The minimum atomic E-state index is -2.92. The fourth-order valence-corrected chi connectivity index (χ4v) is 4.18. The summed E-state index contributed by atoms with van der Waals surface area (Å²) < 4.78 is 22.6. The van der Waals surface area contributed by atoms with Crippen molar-refractivity contribution in [3.05, 3.63) is 28.2 Å². The first kappa shape index (κ1) is 15.4. The number of halogens is 2. The topological polar surface area (TPSA) is 75.3 Å². The smallest absolute Gasteiger partial charge is 0.319 e. The molecule has 0 spiro atoms. The summed E-state index contributed by atoms with van der Waals surface area (Å²) in [4.78, 5) is 11.7. The maximum absolute atomic E-state index is 11.7. The number of carbonyl (C=O) groups excluding carboxylic acids is 1. The summed E-state index contributed by atoms with van der Waals surface area (Å²) in [5.74, 6) is 0.327. The molecule has 1 aliphatic heterocycles. The van der Waals surface area contributed by atoms with Crippen LogP contribution in [0.1, 0.15) is 6.42 Å². The van der Waals surface area contributed by atoms with Crippen LogP contribution in [0.3, 0.4) is 0 Å². The van der Waals surface area contributed by atoms with Crippen molar-refractivity contribution in [3.63, 3.8) is 0 Å². The van der Waals surface area contributed by atoms with Crippen molar-refractivity contribution in [2.45, 2.75) is 6.42 Å². The molecule has 0 bridgehead atoms. The molecule has 0 saturated carbocycles. The van der Waals surface area contributed by atoms with E-state index < -0.39 is 15.9 Å². The zero-order valence-electron chi connectivity index (χ0n) is 10.5. The molecule has 110 valence electrons. The van der Waals surface area contributed by atoms with Gasteiger partial charge in [-0.3, -0.25) is 0 Å². The first-order valence-electron chi connectivity index (χ1n) is 6.06. The molecule has 1 aliphatic rings. The van der Waals surface area contributed by atoms with Crippen LogP contribution in [0.5, 0.6) is 0 Å². The van der Waals surface area contributed by atoms with Gasteiger partial charge in [0.05, 0.1) is 21.6 Å². The third-order valence-electron chi connectivity index (χ3n) is 3.06. The van der Waals surface area contributed by atoms with Crippen molar-refractivity contribution >= 4 is 44.8 Å². The van der Waals surface area contributed by atoms with E-state index in [4.69, 9.17) is 23.2 Å². The van der Waals surface area contributed by atoms with Gasteiger partial charge in [0.25, 0.3) is 0 Å². The Morgan fingerprint density at radius 3 is 2.65 bits per heavy atom. The number of anilines is 1. The summed E-state index contributed by atoms with van der Waals surface area (Å²) in [5.41, 5.74) is 0.524. The Balaban J connectivity index is 1.82. The second-order valence-electron chi connectivity index (χ2n) is 4.73. The van der Waals surface area contributed by atoms with E-state index in [9.17, 15) is 13.2 Å². The van der Waals surface area contributed by atoms with E-state index in [1.54, 1.807) is 18.2 Å². The number of nitrogens with one attached hydrogen (secondary N) is 2. The number of carbonyl (C=O) groups is 1. The monoisotopic (exact) mass is 336 g/mol. The van der Waals surface area contributed by atoms with Crippen LogP contribution in [0.2, 0.25) is 10.0 Å². The van der Waals surface area contributed by atoms with Crippen molar-refractivity contribution < 1.29 is 13.2 Å². The van der Waals surface area contributed by atoms with Crippen LogP contribution in [-0.2, 0) is 9.84 Å². The molecule has 1 heterocycles. The Labute approximate surface area is 127 Å². The molecule has 2 N–H and O–H groups in total. The molecular weight excluding hydrogens is 323 g/mol. The van der Waals surface area contributed by atoms with Crippen molar-refractivity contribution in [3.8, 4) is 0 Å². The highest BCUT2D eigenvalue weighted by molar-refractivity contribution is 7.91. The molecule has 8 heteroatoms. The Hall–Kier alpha value is -0.980. The van der Waals surface area contributed by atoms with Crippen LogP contribution in [0.15, 0.2) is 18.2 Å². The third-order valence-corrected chi connectivity index (χ3v) is 5.63. The molecule has 1 aromatic carbocycles. The van der Waals surface area contributed by atoms with Gasteiger partial charge in [-0.05, 0) is 30.5 Å². The zero-order valence-corrected chi connectivity index (χ0v) is 12.9. The maximum atomic E-state index is 11.7. The lowest BCUT2D eigenvalue weighted by atomic mass is 10.1. The van der Waals surface area contributed by atoms with Crippen LogP contribution in [0.4, 0.5) is 10.5 Å². The van der Waals surface area contributed by atoms with Crippen molar-refractivity contribution in [1.82, 2.24) is 5.32 Å². The average molecular weight is 337 g/mol. The van der Waals surface area contributed by atoms with Gasteiger partial charge in [0.15, 0.2) is 9.84 Å². The van der Waals surface area contributed by atoms with Crippen LogP contribution in [0, 0.1) is 5.92 Å². The van der Waals surface area contributed by atoms with Gasteiger partial charge in [0.1, 0.15) is 0 Å². The summed E-state index contributed by atoms with van der Waals surface area (Å²) in [6.45, 7) is 0.340. The number of rotatable bonds is 3. The third kappa shape index (κ3) is 4.26. The van der Waals surface area contributed by atoms with E-state index in [2.05, 4.69) is 10.6 Å². The fourth-order valence-electron chi connectivity index (χ4n) is 2.02. The van der Waals surface area contributed by atoms with Gasteiger partial charge in [0.2, 0.25) is 0 Å². The minimum Gasteiger partial charge on any atom is -0.338 e. The fraction of sp³-hybridized carbons (Fsp3) is 0.417. The summed E-state index contributed by atoms with van der Waals surface area (Å²) in [6.07, 6.45) is 0.593. The van der Waals surface area contributed by atoms with Crippen molar-refractivity contribution in [2.24, 2.45) is 5.92 Å². The lowest BCUT2D eigenvalue weighted by Crippen LogP contribution is -2.33. The van der Waals surface area contributed by atoms with E-state index in [1.807, 2.05) is 0 Å². The van der Waals surface area contributed by atoms with Gasteiger partial charge in [-0.15, -0.1) is 0 Å². The first-order valence-corrected chi connectivity index (χ1v) is 8.64. The predicted octanol–water partition coefficient (Wildman–Crippen LogP) is 2.55. The summed E-state index contributed by atoms with van der Waals surface area (Å²) in [7, 11) is -2.92. The van der Waals surface area contributed by atoms with Crippen molar-refractivity contribution in [2.75, 3.05) is 23.4 Å². The van der Waals surface area contributed by atoms with Gasteiger partial charge in [-0.1, -0.05) is 23.2 Å². The second-order valence-corrected chi connectivity index (χ2v) is 7.78. The molecule has 2 amide bonds. The molecule has 0 radical (unpaired) electrons. The molecule has 1 atom stereocenters. The average Bonchev–Trinajstić information content (AvgIpc) is 2.71. The van der Waals surface area contributed by atoms with E-state index in [-0.39, 0.29) is 17.4 Å². The van der Waals surface area contributed by atoms with Crippen LogP contribution >= 0.6 is 23.2 Å². The van der Waals surface area contributed by atoms with Crippen molar-refractivity contribution in [1.29, 1.82) is 0 Å². The van der Waals surface area contributed by atoms with E-state index in [0.717, 1.165) is 0 Å². The number of hydrogen-bond acceptors (Lipinski definition) is 3. The minimum absolute atomic E-state index is 0.0143. The number of sulfone groups is 1. The largest absolute Gasteiger partial charge is 0.338 e. The second kappa shape index (κ2) is 6.20. The number of urea groups is 1. The standard InChI is InChI=1S/C12H14Cl2N2O3S/c13-10-2-1-9(5-11(10)14)16-12(17)15-6-8-3-4-20(18,19)7-8/h1-2,5,8H,3-4,6-7H2,(H2,15,16,17). The van der Waals surface area contributed by atoms with Crippen LogP contribution in [-0.4, -0.2) is 32.5 Å². The van der Waals surface area contributed by atoms with E-state index in [1.165, 1.54) is 0 Å². The zero-order chi connectivity index (χ0) is 14.8. The Morgan fingerprint density at radius 2 is 2.05 bits per heavy atom. The molecule has 0 aliphatic carbocycles. The lowest BCUT2D eigenvalue weighted by molar-refractivity contribution is 0.250. The molecule has 1 fully saturated rings. The lowest BCUT2D eigenvalue weighted by Gasteiger charge is -2.11. The number of amides is 2. The Bertz CT molecular complexity index is 619. The molecule has 5 nitrogen and oxygen atoms in total. The Kier molecular flexibility index (Phi) is 4.78. The molecule has 1 unspecified atom stereocenters. The molecule has 20 heavy (non-hydrogen) atoms. The SMILES string of the molecule is O=C(NCC1CCS(=O)(=O)C1)Nc1ccc(Cl)c(Cl)c1. The van der Waals surface area contributed by atoms with Crippen LogP contribution < -0.4 is 10.6 Å². The van der Waals surface area contributed by atoms with Gasteiger partial charge in [-0.25, -0.2) is 13.2 Å². The van der Waals surface area contributed by atoms with Gasteiger partial charge in [0, 0.05) is 12.2 Å². The predicted molar refractivity (Wildman–Crippen MR) is 80.2 cm³/mol. The highest BCUT2D eigenvalue weighted by Crippen LogP contribution is 2.25. The number of hydrogen-bond donors (Lipinski definition) is 2. The Morgan fingerprint density at radius 1 is 1.30 bits per heavy atom. The summed E-state index contributed by atoms with van der Waals surface area (Å²) in [6, 6.07) is 4.37. The molecule has 0 aromatic heterocycles. The summed E-state index contributed by atoms with van der Waals surface area (Å²) >= 11 is 11.6. The van der Waals surface area contributed by atoms with Gasteiger partial charge in [-0.2, -0.15) is 0 Å². The van der Waals surface area contributed by atoms with Gasteiger partial charge >= 0.3 is 6.03 Å². The quantitative estimate of drug-likeness (QED) is 0.890. The highest BCUT2D eigenvalue weighted by atomic mass is 35.5. The highest BCUT2D eigenvalue weighted by Gasteiger charge is 2.27. The normalized spacial score (nSPS) is 20.6. The molecule has 2 rings (SSSR count). The van der Waals surface area contributed by atoms with Crippen LogP contribution in [0.25, 0.3) is 0 Å². The summed E-state index contributed by atoms with van der Waals surface area (Å²) in [5, 5.41) is 6.03. The molecular formula is C12H14Cl2N2O3S. The molecule has 1 saturated heterocycles.